The molecule has 0 amide bonds. The normalized spacial score (nSPS) is 11.2. The summed E-state index contributed by atoms with van der Waals surface area (Å²) in [5, 5.41) is 6.65. The van der Waals surface area contributed by atoms with Gasteiger partial charge in [0.15, 0.2) is 0 Å². The second kappa shape index (κ2) is 5.37. The van der Waals surface area contributed by atoms with Gasteiger partial charge >= 0.3 is 0 Å². The van der Waals surface area contributed by atoms with Gasteiger partial charge in [0.05, 0.1) is 10.4 Å². The van der Waals surface area contributed by atoms with Crippen LogP contribution in [-0.2, 0) is 7.05 Å². The SMILES string of the molecule is CC(C)c1ccc(-c2c(-c3cccs3)nn(C)c2N)cc1. The topological polar surface area (TPSA) is 43.8 Å². The Bertz CT molecular complexity index is 737. The molecule has 0 saturated carbocycles. The molecule has 1 aromatic carbocycles. The fourth-order valence-electron chi connectivity index (χ4n) is 2.44. The fraction of sp³-hybridized carbons (Fsp3) is 0.235. The van der Waals surface area contributed by atoms with E-state index in [2.05, 4.69) is 54.7 Å². The minimum Gasteiger partial charge on any atom is -0.383 e. The third-order valence-corrected chi connectivity index (χ3v) is 4.59. The Morgan fingerprint density at radius 1 is 1.14 bits per heavy atom. The van der Waals surface area contributed by atoms with E-state index in [9.17, 15) is 0 Å². The Morgan fingerprint density at radius 3 is 2.43 bits per heavy atom. The van der Waals surface area contributed by atoms with E-state index < -0.39 is 0 Å². The van der Waals surface area contributed by atoms with Gasteiger partial charge in [-0.15, -0.1) is 11.3 Å². The van der Waals surface area contributed by atoms with E-state index in [0.29, 0.717) is 11.7 Å². The van der Waals surface area contributed by atoms with Crippen LogP contribution in [0, 0.1) is 0 Å². The average molecular weight is 297 g/mol. The van der Waals surface area contributed by atoms with Gasteiger partial charge in [0.1, 0.15) is 11.5 Å². The van der Waals surface area contributed by atoms with Gasteiger partial charge in [-0.05, 0) is 28.5 Å². The minimum atomic E-state index is 0.530. The Labute approximate surface area is 129 Å². The van der Waals surface area contributed by atoms with Crippen LogP contribution in [0.4, 0.5) is 5.82 Å². The molecule has 3 rings (SSSR count). The van der Waals surface area contributed by atoms with E-state index in [0.717, 1.165) is 21.7 Å². The molecule has 0 aliphatic carbocycles. The predicted molar refractivity (Wildman–Crippen MR) is 90.5 cm³/mol. The van der Waals surface area contributed by atoms with Gasteiger partial charge in [0.25, 0.3) is 0 Å². The lowest BCUT2D eigenvalue weighted by Gasteiger charge is -2.08. The number of aryl methyl sites for hydroxylation is 1. The summed E-state index contributed by atoms with van der Waals surface area (Å²) in [6.45, 7) is 4.40. The first kappa shape index (κ1) is 13.9. The van der Waals surface area contributed by atoms with Crippen LogP contribution < -0.4 is 5.73 Å². The molecule has 0 radical (unpaired) electrons. The molecule has 0 saturated heterocycles. The van der Waals surface area contributed by atoms with Gasteiger partial charge in [-0.25, -0.2) is 0 Å². The number of nitrogens with zero attached hydrogens (tertiary/aromatic N) is 2. The van der Waals surface area contributed by atoms with Crippen molar-refractivity contribution < 1.29 is 0 Å². The van der Waals surface area contributed by atoms with Gasteiger partial charge < -0.3 is 5.73 Å². The Hall–Kier alpha value is -2.07. The van der Waals surface area contributed by atoms with Gasteiger partial charge in [-0.3, -0.25) is 4.68 Å². The first-order valence-corrected chi connectivity index (χ1v) is 7.92. The molecule has 108 valence electrons. The van der Waals surface area contributed by atoms with Crippen molar-refractivity contribution in [3.05, 3.63) is 47.3 Å². The molecule has 0 bridgehead atoms. The zero-order valence-electron chi connectivity index (χ0n) is 12.5. The van der Waals surface area contributed by atoms with Crippen molar-refractivity contribution in [1.82, 2.24) is 9.78 Å². The number of hydrogen-bond acceptors (Lipinski definition) is 3. The van der Waals surface area contributed by atoms with E-state index in [1.54, 1.807) is 16.0 Å². The largest absolute Gasteiger partial charge is 0.383 e. The summed E-state index contributed by atoms with van der Waals surface area (Å²) in [4.78, 5) is 1.14. The quantitative estimate of drug-likeness (QED) is 0.772. The highest BCUT2D eigenvalue weighted by atomic mass is 32.1. The number of benzene rings is 1. The number of nitrogens with two attached hydrogens (primary N) is 1. The van der Waals surface area contributed by atoms with Crippen molar-refractivity contribution in [2.24, 2.45) is 7.05 Å². The van der Waals surface area contributed by atoms with Crippen LogP contribution in [0.15, 0.2) is 41.8 Å². The predicted octanol–water partition coefficient (Wildman–Crippen LogP) is 4.52. The number of thiophene rings is 1. The molecular formula is C17H19N3S. The molecule has 2 aromatic heterocycles. The highest BCUT2D eigenvalue weighted by Gasteiger charge is 2.18. The number of nitrogen functional groups attached to an aromatic ring is 1. The van der Waals surface area contributed by atoms with Crippen molar-refractivity contribution in [3.63, 3.8) is 0 Å². The molecule has 0 spiro atoms. The van der Waals surface area contributed by atoms with Crippen molar-refractivity contribution in [2.75, 3.05) is 5.73 Å². The maximum atomic E-state index is 6.24. The number of anilines is 1. The lowest BCUT2D eigenvalue weighted by Crippen LogP contribution is -1.98. The van der Waals surface area contributed by atoms with Crippen LogP contribution in [0.1, 0.15) is 25.3 Å². The fourth-order valence-corrected chi connectivity index (χ4v) is 3.16. The van der Waals surface area contributed by atoms with Crippen molar-refractivity contribution >= 4 is 17.2 Å². The zero-order valence-corrected chi connectivity index (χ0v) is 13.3. The summed E-state index contributed by atoms with van der Waals surface area (Å²) in [6.07, 6.45) is 0. The van der Waals surface area contributed by atoms with E-state index in [4.69, 9.17) is 5.73 Å². The molecule has 3 aromatic rings. The van der Waals surface area contributed by atoms with Gasteiger partial charge in [0.2, 0.25) is 0 Å². The number of rotatable bonds is 3. The summed E-state index contributed by atoms with van der Waals surface area (Å²) in [6, 6.07) is 12.7. The molecule has 2 heterocycles. The Kier molecular flexibility index (Phi) is 3.55. The lowest BCUT2D eigenvalue weighted by molar-refractivity contribution is 0.783. The highest BCUT2D eigenvalue weighted by Crippen LogP contribution is 2.38. The Morgan fingerprint density at radius 2 is 1.86 bits per heavy atom. The molecule has 4 heteroatoms. The van der Waals surface area contributed by atoms with Crippen molar-refractivity contribution in [3.8, 4) is 21.7 Å². The van der Waals surface area contributed by atoms with E-state index in [1.807, 2.05) is 13.1 Å². The summed E-state index contributed by atoms with van der Waals surface area (Å²) < 4.78 is 1.75. The molecule has 2 N–H and O–H groups in total. The molecule has 0 atom stereocenters. The van der Waals surface area contributed by atoms with Crippen LogP contribution >= 0.6 is 11.3 Å². The van der Waals surface area contributed by atoms with Crippen LogP contribution in [-0.4, -0.2) is 9.78 Å². The maximum Gasteiger partial charge on any atom is 0.129 e. The van der Waals surface area contributed by atoms with E-state index in [-0.39, 0.29) is 0 Å². The molecule has 0 fully saturated rings. The third-order valence-electron chi connectivity index (χ3n) is 3.71. The van der Waals surface area contributed by atoms with Crippen LogP contribution in [0.5, 0.6) is 0 Å². The van der Waals surface area contributed by atoms with Crippen LogP contribution in [0.25, 0.3) is 21.7 Å². The van der Waals surface area contributed by atoms with E-state index in [1.165, 1.54) is 5.56 Å². The van der Waals surface area contributed by atoms with Crippen molar-refractivity contribution in [2.45, 2.75) is 19.8 Å². The molecule has 0 unspecified atom stereocenters. The molecule has 21 heavy (non-hydrogen) atoms. The standard InChI is InChI=1S/C17H19N3S/c1-11(2)12-6-8-13(9-7-12)15-16(14-5-4-10-21-14)19-20(3)17(15)18/h4-11H,18H2,1-3H3. The Balaban J connectivity index is 2.13. The first-order chi connectivity index (χ1) is 10.1. The summed E-state index contributed by atoms with van der Waals surface area (Å²) in [5.74, 6) is 1.23. The maximum absolute atomic E-state index is 6.24. The summed E-state index contributed by atoms with van der Waals surface area (Å²) >= 11 is 1.68. The van der Waals surface area contributed by atoms with Crippen LogP contribution in [0.3, 0.4) is 0 Å². The lowest BCUT2D eigenvalue weighted by atomic mass is 9.98. The van der Waals surface area contributed by atoms with Gasteiger partial charge in [-0.2, -0.15) is 5.10 Å². The van der Waals surface area contributed by atoms with Crippen LogP contribution in [0.2, 0.25) is 0 Å². The zero-order chi connectivity index (χ0) is 15.0. The number of aromatic nitrogens is 2. The molecular weight excluding hydrogens is 278 g/mol. The summed E-state index contributed by atoms with van der Waals surface area (Å²) in [7, 11) is 1.89. The second-order valence-corrected chi connectivity index (χ2v) is 6.43. The van der Waals surface area contributed by atoms with Crippen molar-refractivity contribution in [1.29, 1.82) is 0 Å². The second-order valence-electron chi connectivity index (χ2n) is 5.49. The highest BCUT2D eigenvalue weighted by molar-refractivity contribution is 7.13. The number of hydrogen-bond donors (Lipinski definition) is 1. The van der Waals surface area contributed by atoms with E-state index >= 15 is 0 Å². The monoisotopic (exact) mass is 297 g/mol. The molecule has 3 nitrogen and oxygen atoms in total. The third kappa shape index (κ3) is 2.47. The molecule has 0 aliphatic heterocycles. The average Bonchev–Trinajstić information content (AvgIpc) is 3.09. The molecule has 0 aliphatic rings. The minimum absolute atomic E-state index is 0.530. The smallest absolute Gasteiger partial charge is 0.129 e. The van der Waals surface area contributed by atoms with Gasteiger partial charge in [-0.1, -0.05) is 44.2 Å². The first-order valence-electron chi connectivity index (χ1n) is 7.04. The van der Waals surface area contributed by atoms with Gasteiger partial charge in [0, 0.05) is 7.05 Å². The summed E-state index contributed by atoms with van der Waals surface area (Å²) in [5.41, 5.74) is 10.7.